The number of carbonyl (C=O) groups is 1. The molecule has 4 aromatic rings. The molecule has 1 aliphatic heterocycles. The van der Waals surface area contributed by atoms with E-state index in [1.165, 1.54) is 5.56 Å². The molecule has 178 valence electrons. The molecule has 3 aromatic heterocycles. The molecule has 1 saturated heterocycles. The first-order chi connectivity index (χ1) is 17.0. The number of rotatable bonds is 5. The van der Waals surface area contributed by atoms with Crippen molar-refractivity contribution in [3.8, 4) is 11.6 Å². The fraction of sp³-hybridized carbons (Fsp3) is 0.286. The molecule has 5 rings (SSSR count). The minimum absolute atomic E-state index is 0.0647. The monoisotopic (exact) mass is 467 g/mol. The van der Waals surface area contributed by atoms with Crippen molar-refractivity contribution in [2.45, 2.75) is 13.3 Å². The molecule has 35 heavy (non-hydrogen) atoms. The van der Waals surface area contributed by atoms with E-state index in [0.717, 1.165) is 36.1 Å². The molecule has 0 spiro atoms. The summed E-state index contributed by atoms with van der Waals surface area (Å²) in [7, 11) is 2.11. The Morgan fingerprint density at radius 1 is 1.00 bits per heavy atom. The fourth-order valence-corrected chi connectivity index (χ4v) is 4.59. The number of likely N-dealkylation sites (N-methyl/N-ethyl adjacent to an activating group) is 1. The number of hydrogen-bond acceptors (Lipinski definition) is 6. The van der Waals surface area contributed by atoms with Crippen LogP contribution in [0.1, 0.15) is 21.6 Å². The van der Waals surface area contributed by atoms with Gasteiger partial charge in [-0.2, -0.15) is 0 Å². The molecule has 0 radical (unpaired) electrons. The Morgan fingerprint density at radius 3 is 2.74 bits per heavy atom. The Morgan fingerprint density at radius 2 is 1.89 bits per heavy atom. The van der Waals surface area contributed by atoms with Gasteiger partial charge in [0.05, 0.1) is 11.7 Å². The number of ether oxygens (including phenoxy) is 1. The van der Waals surface area contributed by atoms with Crippen molar-refractivity contribution < 1.29 is 9.53 Å². The second-order valence-electron chi connectivity index (χ2n) is 9.21. The second-order valence-corrected chi connectivity index (χ2v) is 9.21. The molecule has 7 heteroatoms. The zero-order valence-electron chi connectivity index (χ0n) is 20.1. The van der Waals surface area contributed by atoms with Gasteiger partial charge in [0.25, 0.3) is 5.91 Å². The largest absolute Gasteiger partial charge is 0.437 e. The van der Waals surface area contributed by atoms with E-state index >= 15 is 0 Å². The maximum absolute atomic E-state index is 13.7. The predicted molar refractivity (Wildman–Crippen MR) is 136 cm³/mol. The Balaban J connectivity index is 1.35. The molecule has 1 unspecified atom stereocenters. The maximum Gasteiger partial charge on any atom is 0.259 e. The van der Waals surface area contributed by atoms with Crippen molar-refractivity contribution in [1.82, 2.24) is 24.8 Å². The van der Waals surface area contributed by atoms with Crippen LogP contribution in [0.25, 0.3) is 10.9 Å². The number of carbonyl (C=O) groups excluding carboxylic acids is 1. The van der Waals surface area contributed by atoms with E-state index in [1.807, 2.05) is 48.4 Å². The van der Waals surface area contributed by atoms with Gasteiger partial charge in [0.1, 0.15) is 11.3 Å². The van der Waals surface area contributed by atoms with Crippen molar-refractivity contribution in [3.05, 3.63) is 90.0 Å². The van der Waals surface area contributed by atoms with Crippen LogP contribution in [0.15, 0.2) is 73.2 Å². The van der Waals surface area contributed by atoms with Crippen LogP contribution in [0.3, 0.4) is 0 Å². The zero-order valence-corrected chi connectivity index (χ0v) is 20.1. The topological polar surface area (TPSA) is 71.5 Å². The third-order valence-corrected chi connectivity index (χ3v) is 6.36. The molecule has 1 fully saturated rings. The van der Waals surface area contributed by atoms with Crippen LogP contribution >= 0.6 is 0 Å². The lowest BCUT2D eigenvalue weighted by atomic mass is 9.98. The summed E-state index contributed by atoms with van der Waals surface area (Å²) < 4.78 is 5.95. The Labute approximate surface area is 205 Å². The summed E-state index contributed by atoms with van der Waals surface area (Å²) in [5.41, 5.74) is 3.55. The molecule has 7 nitrogen and oxygen atoms in total. The van der Waals surface area contributed by atoms with E-state index in [4.69, 9.17) is 4.74 Å². The zero-order chi connectivity index (χ0) is 24.2. The molecule has 1 aliphatic rings. The van der Waals surface area contributed by atoms with Crippen LogP contribution in [0.5, 0.6) is 11.6 Å². The highest BCUT2D eigenvalue weighted by molar-refractivity contribution is 5.96. The number of hydrogen-bond donors (Lipinski definition) is 0. The lowest BCUT2D eigenvalue weighted by Crippen LogP contribution is -2.36. The average Bonchev–Trinajstić information content (AvgIpc) is 3.06. The summed E-state index contributed by atoms with van der Waals surface area (Å²) in [6.07, 6.45) is 6.10. The summed E-state index contributed by atoms with van der Waals surface area (Å²) in [5, 5.41) is 1.14. The summed E-state index contributed by atoms with van der Waals surface area (Å²) in [5.74, 6) is 1.08. The quantitative estimate of drug-likeness (QED) is 0.434. The fourth-order valence-electron chi connectivity index (χ4n) is 4.59. The molecule has 0 N–H and O–H groups in total. The number of benzene rings is 1. The molecule has 1 aromatic carbocycles. The standard InChI is InChI=1S/C28H29N5O2/c1-20-9-10-24(17-30-20)35-27-25(7-5-11-29-27)28(34)33-13-12-32(2)18-22(19-33)14-21-15-23-6-3-4-8-26(23)31-16-21/h3-11,15-17,22H,12-14,18-19H2,1-2H3. The molecular weight excluding hydrogens is 438 g/mol. The smallest absolute Gasteiger partial charge is 0.259 e. The molecule has 1 atom stereocenters. The molecule has 0 bridgehead atoms. The van der Waals surface area contributed by atoms with Crippen LogP contribution < -0.4 is 4.74 Å². The SMILES string of the molecule is Cc1ccc(Oc2ncccc2C(=O)N2CCN(C)CC(Cc3cnc4ccccc4c3)C2)cn1. The van der Waals surface area contributed by atoms with E-state index in [2.05, 4.69) is 39.0 Å². The van der Waals surface area contributed by atoms with Gasteiger partial charge in [0.15, 0.2) is 0 Å². The van der Waals surface area contributed by atoms with E-state index in [9.17, 15) is 4.79 Å². The van der Waals surface area contributed by atoms with Crippen LogP contribution in [0.2, 0.25) is 0 Å². The first-order valence-electron chi connectivity index (χ1n) is 11.9. The van der Waals surface area contributed by atoms with Gasteiger partial charge in [-0.25, -0.2) is 4.98 Å². The normalized spacial score (nSPS) is 16.7. The number of fused-ring (bicyclic) bond motifs is 1. The first-order valence-corrected chi connectivity index (χ1v) is 11.9. The Kier molecular flexibility index (Phi) is 6.68. The van der Waals surface area contributed by atoms with Crippen molar-refractivity contribution in [3.63, 3.8) is 0 Å². The van der Waals surface area contributed by atoms with Gasteiger partial charge < -0.3 is 14.5 Å². The van der Waals surface area contributed by atoms with Gasteiger partial charge in [0.2, 0.25) is 5.88 Å². The summed E-state index contributed by atoms with van der Waals surface area (Å²) in [6.45, 7) is 4.97. The van der Waals surface area contributed by atoms with Crippen LogP contribution in [-0.2, 0) is 6.42 Å². The minimum atomic E-state index is -0.0647. The van der Waals surface area contributed by atoms with Gasteiger partial charge in [-0.3, -0.25) is 14.8 Å². The van der Waals surface area contributed by atoms with E-state index in [-0.39, 0.29) is 11.8 Å². The van der Waals surface area contributed by atoms with Gasteiger partial charge >= 0.3 is 0 Å². The van der Waals surface area contributed by atoms with E-state index in [0.29, 0.717) is 30.3 Å². The number of pyridine rings is 3. The lowest BCUT2D eigenvalue weighted by Gasteiger charge is -2.25. The van der Waals surface area contributed by atoms with Gasteiger partial charge in [-0.1, -0.05) is 18.2 Å². The van der Waals surface area contributed by atoms with Gasteiger partial charge in [0, 0.05) is 49.7 Å². The molecule has 4 heterocycles. The molecule has 1 amide bonds. The van der Waals surface area contributed by atoms with Crippen molar-refractivity contribution >= 4 is 16.8 Å². The molecular formula is C28H29N5O2. The lowest BCUT2D eigenvalue weighted by molar-refractivity contribution is 0.0743. The first kappa shape index (κ1) is 22.9. The van der Waals surface area contributed by atoms with E-state index < -0.39 is 0 Å². The number of aryl methyl sites for hydroxylation is 1. The number of para-hydroxylation sites is 1. The maximum atomic E-state index is 13.7. The van der Waals surface area contributed by atoms with Crippen LogP contribution in [0, 0.1) is 12.8 Å². The summed E-state index contributed by atoms with van der Waals surface area (Å²) in [6, 6.07) is 17.6. The number of amides is 1. The van der Waals surface area contributed by atoms with Crippen molar-refractivity contribution in [2.24, 2.45) is 5.92 Å². The summed E-state index contributed by atoms with van der Waals surface area (Å²) in [4.78, 5) is 31.1. The minimum Gasteiger partial charge on any atom is -0.437 e. The van der Waals surface area contributed by atoms with Crippen LogP contribution in [0.4, 0.5) is 0 Å². The highest BCUT2D eigenvalue weighted by Crippen LogP contribution is 2.25. The van der Waals surface area contributed by atoms with Crippen molar-refractivity contribution in [1.29, 1.82) is 0 Å². The Bertz CT molecular complexity index is 1320. The summed E-state index contributed by atoms with van der Waals surface area (Å²) >= 11 is 0. The molecule has 0 saturated carbocycles. The van der Waals surface area contributed by atoms with Crippen LogP contribution in [-0.4, -0.2) is 63.9 Å². The van der Waals surface area contributed by atoms with E-state index in [1.54, 1.807) is 24.5 Å². The highest BCUT2D eigenvalue weighted by atomic mass is 16.5. The third kappa shape index (κ3) is 5.46. The predicted octanol–water partition coefficient (Wildman–Crippen LogP) is 4.37. The highest BCUT2D eigenvalue weighted by Gasteiger charge is 2.27. The third-order valence-electron chi connectivity index (χ3n) is 6.36. The Hall–Kier alpha value is -3.84. The van der Waals surface area contributed by atoms with Gasteiger partial charge in [-0.05, 0) is 68.3 Å². The van der Waals surface area contributed by atoms with Crippen molar-refractivity contribution in [2.75, 3.05) is 33.2 Å². The number of aromatic nitrogens is 3. The van der Waals surface area contributed by atoms with Gasteiger partial charge in [-0.15, -0.1) is 0 Å². The number of nitrogens with zero attached hydrogens (tertiary/aromatic N) is 5. The molecule has 0 aliphatic carbocycles. The second kappa shape index (κ2) is 10.2. The average molecular weight is 468 g/mol.